The van der Waals surface area contributed by atoms with Crippen LogP contribution in [0.4, 0.5) is 0 Å². The molecule has 2 aliphatic rings. The van der Waals surface area contributed by atoms with Crippen LogP contribution in [0.2, 0.25) is 0 Å². The van der Waals surface area contributed by atoms with E-state index in [-0.39, 0.29) is 11.9 Å². The number of hydrogen-bond acceptors (Lipinski definition) is 2. The van der Waals surface area contributed by atoms with Gasteiger partial charge in [0.05, 0.1) is 6.04 Å². The van der Waals surface area contributed by atoms with Gasteiger partial charge in [-0.3, -0.25) is 9.69 Å². The molecule has 2 aromatic rings. The number of carbonyl (C=O) groups excluding carboxylic acids is 1. The number of likely N-dealkylation sites (tertiary alicyclic amines) is 1. The molecular weight excluding hydrogens is 332 g/mol. The minimum absolute atomic E-state index is 0.0371. The maximum absolute atomic E-state index is 12.7. The number of piperidine rings is 1. The average molecular weight is 363 g/mol. The molecule has 0 radical (unpaired) electrons. The average Bonchev–Trinajstić information content (AvgIpc) is 2.70. The summed E-state index contributed by atoms with van der Waals surface area (Å²) in [4.78, 5) is 15.3. The van der Waals surface area contributed by atoms with E-state index >= 15 is 0 Å². The summed E-state index contributed by atoms with van der Waals surface area (Å²) in [5, 5.41) is 3.25. The summed E-state index contributed by atoms with van der Waals surface area (Å²) in [5.74, 6) is 0.896. The third kappa shape index (κ3) is 4.41. The highest BCUT2D eigenvalue weighted by Gasteiger charge is 2.22. The largest absolute Gasteiger partial charge is 0.345 e. The number of nitrogens with zero attached hydrogens (tertiary/aromatic N) is 1. The van der Waals surface area contributed by atoms with E-state index in [2.05, 4.69) is 53.5 Å². The minimum atomic E-state index is 0.0371. The van der Waals surface area contributed by atoms with Crippen LogP contribution >= 0.6 is 0 Å². The Hall–Kier alpha value is -2.13. The van der Waals surface area contributed by atoms with Crippen LogP contribution in [0.1, 0.15) is 65.7 Å². The molecule has 142 valence electrons. The van der Waals surface area contributed by atoms with Crippen LogP contribution in [0, 0.1) is 5.92 Å². The summed E-state index contributed by atoms with van der Waals surface area (Å²) in [7, 11) is 0. The van der Waals surface area contributed by atoms with Gasteiger partial charge in [-0.15, -0.1) is 0 Å². The SMILES string of the molecule is CC1CCN(Cc2ccc(C(=O)NC3CCCc4ccccc43)cc2)CC1. The fourth-order valence-corrected chi connectivity index (χ4v) is 4.39. The number of rotatable bonds is 4. The second-order valence-corrected chi connectivity index (χ2v) is 8.27. The summed E-state index contributed by atoms with van der Waals surface area (Å²) in [6, 6.07) is 16.8. The predicted molar refractivity (Wildman–Crippen MR) is 110 cm³/mol. The van der Waals surface area contributed by atoms with Gasteiger partial charge in [-0.2, -0.15) is 0 Å². The Balaban J connectivity index is 1.37. The second-order valence-electron chi connectivity index (χ2n) is 8.27. The van der Waals surface area contributed by atoms with Crippen LogP contribution in [0.5, 0.6) is 0 Å². The summed E-state index contributed by atoms with van der Waals surface area (Å²) in [6.07, 6.45) is 5.86. The lowest BCUT2D eigenvalue weighted by Crippen LogP contribution is -2.32. The predicted octanol–water partition coefficient (Wildman–Crippen LogP) is 4.73. The molecule has 1 aliphatic heterocycles. The van der Waals surface area contributed by atoms with Gasteiger partial charge < -0.3 is 5.32 Å². The van der Waals surface area contributed by atoms with E-state index in [1.54, 1.807) is 0 Å². The summed E-state index contributed by atoms with van der Waals surface area (Å²) < 4.78 is 0. The van der Waals surface area contributed by atoms with Crippen molar-refractivity contribution in [3.63, 3.8) is 0 Å². The van der Waals surface area contributed by atoms with Crippen molar-refractivity contribution in [1.82, 2.24) is 10.2 Å². The second kappa shape index (κ2) is 8.26. The Labute approximate surface area is 162 Å². The summed E-state index contributed by atoms with van der Waals surface area (Å²) >= 11 is 0. The molecule has 1 heterocycles. The zero-order valence-electron chi connectivity index (χ0n) is 16.3. The van der Waals surface area contributed by atoms with Gasteiger partial charge in [0.15, 0.2) is 0 Å². The third-order valence-electron chi connectivity index (χ3n) is 6.17. The summed E-state index contributed by atoms with van der Waals surface area (Å²) in [6.45, 7) is 5.70. The van der Waals surface area contributed by atoms with Crippen LogP contribution in [-0.4, -0.2) is 23.9 Å². The molecule has 2 aromatic carbocycles. The number of aryl methyl sites for hydroxylation is 1. The van der Waals surface area contributed by atoms with Crippen LogP contribution in [0.15, 0.2) is 48.5 Å². The lowest BCUT2D eigenvalue weighted by atomic mass is 9.87. The molecule has 1 N–H and O–H groups in total. The van der Waals surface area contributed by atoms with Gasteiger partial charge in [-0.25, -0.2) is 0 Å². The monoisotopic (exact) mass is 362 g/mol. The fraction of sp³-hybridized carbons (Fsp3) is 0.458. The number of carbonyl (C=O) groups is 1. The van der Waals surface area contributed by atoms with Crippen LogP contribution in [-0.2, 0) is 13.0 Å². The number of amides is 1. The quantitative estimate of drug-likeness (QED) is 0.853. The molecule has 0 bridgehead atoms. The van der Waals surface area contributed by atoms with Crippen molar-refractivity contribution >= 4 is 5.91 Å². The van der Waals surface area contributed by atoms with Crippen molar-refractivity contribution in [3.05, 3.63) is 70.8 Å². The molecule has 1 unspecified atom stereocenters. The number of benzene rings is 2. The topological polar surface area (TPSA) is 32.3 Å². The third-order valence-corrected chi connectivity index (χ3v) is 6.17. The Morgan fingerprint density at radius 1 is 1.04 bits per heavy atom. The first-order valence-electron chi connectivity index (χ1n) is 10.4. The molecular formula is C24H30N2O. The highest BCUT2D eigenvalue weighted by Crippen LogP contribution is 2.29. The first kappa shape index (κ1) is 18.2. The lowest BCUT2D eigenvalue weighted by molar-refractivity contribution is 0.0932. The van der Waals surface area contributed by atoms with Crippen molar-refractivity contribution in [1.29, 1.82) is 0 Å². The highest BCUT2D eigenvalue weighted by atomic mass is 16.1. The van der Waals surface area contributed by atoms with Gasteiger partial charge in [0.2, 0.25) is 0 Å². The number of fused-ring (bicyclic) bond motifs is 1. The van der Waals surface area contributed by atoms with E-state index in [0.29, 0.717) is 0 Å². The molecule has 27 heavy (non-hydrogen) atoms. The molecule has 0 saturated carbocycles. The van der Waals surface area contributed by atoms with E-state index in [1.165, 1.54) is 42.6 Å². The van der Waals surface area contributed by atoms with E-state index in [4.69, 9.17) is 0 Å². The number of nitrogens with one attached hydrogen (secondary N) is 1. The van der Waals surface area contributed by atoms with Crippen LogP contribution in [0.25, 0.3) is 0 Å². The normalized spacial score (nSPS) is 20.9. The van der Waals surface area contributed by atoms with Crippen molar-refractivity contribution in [3.8, 4) is 0 Å². The smallest absolute Gasteiger partial charge is 0.251 e. The zero-order chi connectivity index (χ0) is 18.6. The molecule has 1 atom stereocenters. The molecule has 0 spiro atoms. The first-order valence-corrected chi connectivity index (χ1v) is 10.4. The van der Waals surface area contributed by atoms with Crippen LogP contribution < -0.4 is 5.32 Å². The molecule has 1 fully saturated rings. The minimum Gasteiger partial charge on any atom is -0.345 e. The van der Waals surface area contributed by atoms with Gasteiger partial charge in [0.1, 0.15) is 0 Å². The van der Waals surface area contributed by atoms with Gasteiger partial charge in [0, 0.05) is 12.1 Å². The summed E-state index contributed by atoms with van der Waals surface area (Å²) in [5.41, 5.74) is 4.71. The van der Waals surface area contributed by atoms with Crippen molar-refractivity contribution < 1.29 is 4.79 Å². The maximum atomic E-state index is 12.7. The zero-order valence-corrected chi connectivity index (χ0v) is 16.3. The van der Waals surface area contributed by atoms with Gasteiger partial charge in [0.25, 0.3) is 5.91 Å². The van der Waals surface area contributed by atoms with E-state index in [0.717, 1.165) is 37.3 Å². The fourth-order valence-electron chi connectivity index (χ4n) is 4.39. The maximum Gasteiger partial charge on any atom is 0.251 e. The lowest BCUT2D eigenvalue weighted by Gasteiger charge is -2.30. The number of hydrogen-bond donors (Lipinski definition) is 1. The Kier molecular flexibility index (Phi) is 5.58. The molecule has 3 nitrogen and oxygen atoms in total. The van der Waals surface area contributed by atoms with Crippen LogP contribution in [0.3, 0.4) is 0 Å². The molecule has 1 saturated heterocycles. The van der Waals surface area contributed by atoms with Gasteiger partial charge in [-0.1, -0.05) is 43.3 Å². The van der Waals surface area contributed by atoms with Crippen molar-refractivity contribution in [2.45, 2.75) is 51.6 Å². The van der Waals surface area contributed by atoms with E-state index in [1.807, 2.05) is 12.1 Å². The van der Waals surface area contributed by atoms with E-state index in [9.17, 15) is 4.79 Å². The molecule has 3 heteroatoms. The molecule has 0 aromatic heterocycles. The van der Waals surface area contributed by atoms with Crippen molar-refractivity contribution in [2.24, 2.45) is 5.92 Å². The Morgan fingerprint density at radius 2 is 1.78 bits per heavy atom. The van der Waals surface area contributed by atoms with Gasteiger partial charge in [-0.05, 0) is 79.9 Å². The van der Waals surface area contributed by atoms with Gasteiger partial charge >= 0.3 is 0 Å². The van der Waals surface area contributed by atoms with Crippen molar-refractivity contribution in [2.75, 3.05) is 13.1 Å². The standard InChI is InChI=1S/C24H30N2O/c1-18-13-15-26(16-14-18)17-19-9-11-21(12-10-19)24(27)25-23-8-4-6-20-5-2-3-7-22(20)23/h2-3,5,7,9-12,18,23H,4,6,8,13-17H2,1H3,(H,25,27). The Bertz CT molecular complexity index is 775. The molecule has 4 rings (SSSR count). The highest BCUT2D eigenvalue weighted by molar-refractivity contribution is 5.94. The van der Waals surface area contributed by atoms with E-state index < -0.39 is 0 Å². The molecule has 1 amide bonds. The molecule has 1 aliphatic carbocycles. The first-order chi connectivity index (χ1) is 13.2. The Morgan fingerprint density at radius 3 is 2.56 bits per heavy atom.